The fraction of sp³-hybridized carbons (Fsp3) is 0.500. The first-order valence-electron chi connectivity index (χ1n) is 9.37. The Balaban J connectivity index is 1.45. The van der Waals surface area contributed by atoms with Gasteiger partial charge in [-0.2, -0.15) is 0 Å². The number of para-hydroxylation sites is 1. The molecule has 1 aliphatic heterocycles. The third kappa shape index (κ3) is 5.33. The highest BCUT2D eigenvalue weighted by atomic mass is 16.5. The first kappa shape index (κ1) is 18.5. The number of rotatable bonds is 9. The maximum Gasteiger partial charge on any atom is 0.260 e. The number of carbonyl (C=O) groups is 1. The highest BCUT2D eigenvalue weighted by molar-refractivity contribution is 5.78. The number of benzene rings is 1. The van der Waals surface area contributed by atoms with Crippen molar-refractivity contribution in [3.8, 4) is 5.75 Å². The minimum atomic E-state index is 0.0826. The van der Waals surface area contributed by atoms with E-state index in [1.807, 2.05) is 41.7 Å². The Hall–Kier alpha value is -2.34. The van der Waals surface area contributed by atoms with E-state index >= 15 is 0 Å². The molecular weight excluding hydrogens is 328 g/mol. The van der Waals surface area contributed by atoms with Crippen molar-refractivity contribution in [2.24, 2.45) is 5.92 Å². The van der Waals surface area contributed by atoms with Crippen LogP contribution in [0.15, 0.2) is 43.0 Å². The molecule has 1 atom stereocenters. The zero-order valence-corrected chi connectivity index (χ0v) is 15.4. The summed E-state index contributed by atoms with van der Waals surface area (Å²) in [5, 5.41) is 3.49. The van der Waals surface area contributed by atoms with Gasteiger partial charge in [0, 0.05) is 44.1 Å². The highest BCUT2D eigenvalue weighted by Crippen LogP contribution is 2.18. The molecule has 1 aromatic carbocycles. The van der Waals surface area contributed by atoms with E-state index in [4.69, 9.17) is 4.74 Å². The van der Waals surface area contributed by atoms with Crippen LogP contribution in [0.5, 0.6) is 5.75 Å². The van der Waals surface area contributed by atoms with Gasteiger partial charge in [0.1, 0.15) is 5.75 Å². The Morgan fingerprint density at radius 2 is 2.12 bits per heavy atom. The van der Waals surface area contributed by atoms with E-state index in [0.717, 1.165) is 56.9 Å². The van der Waals surface area contributed by atoms with E-state index in [1.165, 1.54) is 0 Å². The number of aromatic nitrogens is 2. The average molecular weight is 356 g/mol. The predicted octanol–water partition coefficient (Wildman–Crippen LogP) is 2.31. The second kappa shape index (κ2) is 9.38. The molecule has 0 bridgehead atoms. The summed E-state index contributed by atoms with van der Waals surface area (Å²) in [5.41, 5.74) is 1.08. The second-order valence-corrected chi connectivity index (χ2v) is 6.98. The van der Waals surface area contributed by atoms with Crippen molar-refractivity contribution in [3.63, 3.8) is 0 Å². The SMILES string of the molecule is CC(CNCc1ccccc1OCC(=O)N1CCCC1)Cn1ccnc1. The van der Waals surface area contributed by atoms with Gasteiger partial charge in [-0.3, -0.25) is 4.79 Å². The zero-order chi connectivity index (χ0) is 18.2. The van der Waals surface area contributed by atoms with Crippen molar-refractivity contribution in [3.05, 3.63) is 48.5 Å². The molecule has 0 saturated carbocycles. The van der Waals surface area contributed by atoms with Gasteiger partial charge >= 0.3 is 0 Å². The quantitative estimate of drug-likeness (QED) is 0.749. The first-order valence-corrected chi connectivity index (χ1v) is 9.37. The minimum absolute atomic E-state index is 0.0826. The summed E-state index contributed by atoms with van der Waals surface area (Å²) in [7, 11) is 0. The lowest BCUT2D eigenvalue weighted by atomic mass is 10.1. The van der Waals surface area contributed by atoms with Gasteiger partial charge in [0.25, 0.3) is 5.91 Å². The number of carbonyl (C=O) groups excluding carboxylic acids is 1. The standard InChI is InChI=1S/C20H28N4O2/c1-17(14-23-11-8-21-16-23)12-22-13-18-6-2-3-7-19(18)26-15-20(25)24-9-4-5-10-24/h2-3,6-8,11,16-17,22H,4-5,9-10,12-15H2,1H3. The summed E-state index contributed by atoms with van der Waals surface area (Å²) in [6.45, 7) is 6.62. The van der Waals surface area contributed by atoms with Crippen molar-refractivity contribution in [2.75, 3.05) is 26.2 Å². The van der Waals surface area contributed by atoms with Crippen molar-refractivity contribution in [2.45, 2.75) is 32.9 Å². The number of imidazole rings is 1. The van der Waals surface area contributed by atoms with Gasteiger partial charge in [-0.1, -0.05) is 25.1 Å². The summed E-state index contributed by atoms with van der Waals surface area (Å²) >= 11 is 0. The molecule has 1 aliphatic rings. The van der Waals surface area contributed by atoms with Crippen molar-refractivity contribution < 1.29 is 9.53 Å². The molecule has 1 fully saturated rings. The Bertz CT molecular complexity index is 681. The summed E-state index contributed by atoms with van der Waals surface area (Å²) in [6, 6.07) is 7.92. The van der Waals surface area contributed by atoms with Crippen molar-refractivity contribution in [1.82, 2.24) is 19.8 Å². The first-order chi connectivity index (χ1) is 12.7. The number of likely N-dealkylation sites (tertiary alicyclic amines) is 1. The van der Waals surface area contributed by atoms with Gasteiger partial charge in [-0.15, -0.1) is 0 Å². The minimum Gasteiger partial charge on any atom is -0.483 e. The summed E-state index contributed by atoms with van der Waals surface area (Å²) in [5.74, 6) is 1.36. The molecule has 6 heteroatoms. The number of hydrogen-bond acceptors (Lipinski definition) is 4. The van der Waals surface area contributed by atoms with Crippen LogP contribution in [0.3, 0.4) is 0 Å². The van der Waals surface area contributed by atoms with E-state index in [9.17, 15) is 4.79 Å². The molecule has 0 aliphatic carbocycles. The Morgan fingerprint density at radius 3 is 2.88 bits per heavy atom. The van der Waals surface area contributed by atoms with Crippen LogP contribution in [-0.2, 0) is 17.9 Å². The molecular formula is C20H28N4O2. The van der Waals surface area contributed by atoms with Gasteiger partial charge in [0.2, 0.25) is 0 Å². The van der Waals surface area contributed by atoms with E-state index in [2.05, 4.69) is 21.8 Å². The molecule has 3 rings (SSSR count). The summed E-state index contributed by atoms with van der Waals surface area (Å²) < 4.78 is 7.90. The number of nitrogens with one attached hydrogen (secondary N) is 1. The Labute approximate surface area is 155 Å². The van der Waals surface area contributed by atoms with Gasteiger partial charge in [0.05, 0.1) is 6.33 Å². The molecule has 2 heterocycles. The maximum atomic E-state index is 12.2. The third-order valence-electron chi connectivity index (χ3n) is 4.67. The van der Waals surface area contributed by atoms with Crippen molar-refractivity contribution >= 4 is 5.91 Å². The fourth-order valence-electron chi connectivity index (χ4n) is 3.26. The van der Waals surface area contributed by atoms with Crippen LogP contribution in [0.1, 0.15) is 25.3 Å². The molecule has 1 unspecified atom stereocenters. The van der Waals surface area contributed by atoms with Gasteiger partial charge in [-0.25, -0.2) is 4.98 Å². The van der Waals surface area contributed by atoms with E-state index in [0.29, 0.717) is 5.92 Å². The molecule has 0 radical (unpaired) electrons. The Morgan fingerprint density at radius 1 is 1.31 bits per heavy atom. The lowest BCUT2D eigenvalue weighted by molar-refractivity contribution is -0.132. The highest BCUT2D eigenvalue weighted by Gasteiger charge is 2.18. The second-order valence-electron chi connectivity index (χ2n) is 6.98. The topological polar surface area (TPSA) is 59.4 Å². The summed E-state index contributed by atoms with van der Waals surface area (Å²) in [6.07, 6.45) is 7.83. The Kier molecular flexibility index (Phi) is 6.66. The van der Waals surface area contributed by atoms with E-state index in [-0.39, 0.29) is 12.5 Å². The van der Waals surface area contributed by atoms with Gasteiger partial charge in [-0.05, 0) is 31.4 Å². The van der Waals surface area contributed by atoms with Crippen LogP contribution < -0.4 is 10.1 Å². The van der Waals surface area contributed by atoms with Crippen LogP contribution in [0.2, 0.25) is 0 Å². The normalized spacial score (nSPS) is 15.2. The number of amides is 1. The lowest BCUT2D eigenvalue weighted by Crippen LogP contribution is -2.32. The maximum absolute atomic E-state index is 12.2. The van der Waals surface area contributed by atoms with Crippen LogP contribution >= 0.6 is 0 Å². The monoisotopic (exact) mass is 356 g/mol. The van der Waals surface area contributed by atoms with Crippen molar-refractivity contribution in [1.29, 1.82) is 0 Å². The van der Waals surface area contributed by atoms with E-state index < -0.39 is 0 Å². The van der Waals surface area contributed by atoms with Gasteiger partial charge < -0.3 is 19.5 Å². The lowest BCUT2D eigenvalue weighted by Gasteiger charge is -2.17. The van der Waals surface area contributed by atoms with Gasteiger partial charge in [0.15, 0.2) is 6.61 Å². The van der Waals surface area contributed by atoms with Crippen LogP contribution in [0, 0.1) is 5.92 Å². The molecule has 6 nitrogen and oxygen atoms in total. The number of nitrogens with zero attached hydrogens (tertiary/aromatic N) is 3. The molecule has 140 valence electrons. The predicted molar refractivity (Wildman–Crippen MR) is 101 cm³/mol. The molecule has 26 heavy (non-hydrogen) atoms. The molecule has 1 amide bonds. The zero-order valence-electron chi connectivity index (χ0n) is 15.4. The van der Waals surface area contributed by atoms with Crippen LogP contribution in [0.25, 0.3) is 0 Å². The third-order valence-corrected chi connectivity index (χ3v) is 4.67. The van der Waals surface area contributed by atoms with E-state index in [1.54, 1.807) is 6.20 Å². The van der Waals surface area contributed by atoms with Crippen LogP contribution in [-0.4, -0.2) is 46.6 Å². The smallest absolute Gasteiger partial charge is 0.260 e. The van der Waals surface area contributed by atoms with Crippen LogP contribution in [0.4, 0.5) is 0 Å². The number of ether oxygens (including phenoxy) is 1. The largest absolute Gasteiger partial charge is 0.483 e. The number of hydrogen-bond donors (Lipinski definition) is 1. The summed E-state index contributed by atoms with van der Waals surface area (Å²) in [4.78, 5) is 18.1. The molecule has 0 spiro atoms. The fourth-order valence-corrected chi connectivity index (χ4v) is 3.26. The molecule has 1 saturated heterocycles. The average Bonchev–Trinajstić information content (AvgIpc) is 3.34. The molecule has 1 N–H and O–H groups in total. The molecule has 2 aromatic rings. The molecule has 1 aromatic heterocycles.